The summed E-state index contributed by atoms with van der Waals surface area (Å²) in [5, 5.41) is 0. The van der Waals surface area contributed by atoms with E-state index in [4.69, 9.17) is 4.42 Å². The summed E-state index contributed by atoms with van der Waals surface area (Å²) in [6.07, 6.45) is 5.29. The van der Waals surface area contributed by atoms with Gasteiger partial charge >= 0.3 is 0 Å². The maximum Gasteiger partial charge on any atom is 0.289 e. The fourth-order valence-electron chi connectivity index (χ4n) is 3.91. The molecule has 4 heterocycles. The van der Waals surface area contributed by atoms with Crippen LogP contribution in [0.15, 0.2) is 39.9 Å². The van der Waals surface area contributed by atoms with Crippen molar-refractivity contribution in [1.29, 1.82) is 0 Å². The molecule has 2 fully saturated rings. The third-order valence-corrected chi connectivity index (χ3v) is 7.59. The van der Waals surface area contributed by atoms with Crippen LogP contribution in [0.5, 0.6) is 0 Å². The molecular weight excluding hydrogens is 392 g/mol. The molecule has 4 rings (SSSR count). The van der Waals surface area contributed by atoms with Crippen molar-refractivity contribution in [2.24, 2.45) is 0 Å². The van der Waals surface area contributed by atoms with E-state index in [1.54, 1.807) is 24.2 Å². The van der Waals surface area contributed by atoms with E-state index in [0.29, 0.717) is 26.2 Å². The number of furan rings is 1. The number of amides is 1. The van der Waals surface area contributed by atoms with Crippen LogP contribution < -0.4 is 0 Å². The van der Waals surface area contributed by atoms with Crippen LogP contribution in [0, 0.1) is 6.92 Å². The van der Waals surface area contributed by atoms with Gasteiger partial charge in [-0.1, -0.05) is 0 Å². The molecule has 156 valence electrons. The molecule has 29 heavy (non-hydrogen) atoms. The summed E-state index contributed by atoms with van der Waals surface area (Å²) in [6, 6.07) is 5.38. The summed E-state index contributed by atoms with van der Waals surface area (Å²) in [5.41, 5.74) is 1.19. The zero-order valence-corrected chi connectivity index (χ0v) is 17.4. The highest BCUT2D eigenvalue weighted by Crippen LogP contribution is 2.27. The van der Waals surface area contributed by atoms with Gasteiger partial charge in [-0.2, -0.15) is 4.31 Å². The maximum absolute atomic E-state index is 12.9. The molecule has 0 radical (unpaired) electrons. The third-order valence-electron chi connectivity index (χ3n) is 5.58. The first-order chi connectivity index (χ1) is 13.9. The SMILES string of the molecule is Cc1oc(C(=O)N2CCN(Cc3ccncc3)CC2)cc1S(=O)(=O)N1CCCC1. The number of sulfonamides is 1. The summed E-state index contributed by atoms with van der Waals surface area (Å²) in [4.78, 5) is 21.0. The molecule has 2 aliphatic heterocycles. The van der Waals surface area contributed by atoms with E-state index in [0.717, 1.165) is 32.5 Å². The molecule has 1 amide bonds. The minimum absolute atomic E-state index is 0.0999. The molecule has 0 aliphatic carbocycles. The highest BCUT2D eigenvalue weighted by atomic mass is 32.2. The van der Waals surface area contributed by atoms with E-state index in [1.165, 1.54) is 15.9 Å². The van der Waals surface area contributed by atoms with Gasteiger partial charge in [0.25, 0.3) is 5.91 Å². The van der Waals surface area contributed by atoms with Gasteiger partial charge in [0, 0.05) is 64.3 Å². The first-order valence-electron chi connectivity index (χ1n) is 9.96. The molecule has 0 aromatic carbocycles. The highest BCUT2D eigenvalue weighted by Gasteiger charge is 2.33. The second kappa shape index (κ2) is 8.25. The molecule has 2 saturated heterocycles. The third kappa shape index (κ3) is 4.22. The number of carbonyl (C=O) groups excluding carboxylic acids is 1. The van der Waals surface area contributed by atoms with Gasteiger partial charge in [-0.05, 0) is 37.5 Å². The Labute approximate surface area is 171 Å². The van der Waals surface area contributed by atoms with Crippen LogP contribution in [-0.2, 0) is 16.6 Å². The zero-order chi connectivity index (χ0) is 20.4. The molecule has 9 heteroatoms. The number of nitrogens with zero attached hydrogens (tertiary/aromatic N) is 4. The number of hydrogen-bond donors (Lipinski definition) is 0. The van der Waals surface area contributed by atoms with Crippen molar-refractivity contribution in [3.8, 4) is 0 Å². The molecular formula is C20H26N4O4S. The molecule has 0 unspecified atom stereocenters. The average Bonchev–Trinajstić information content (AvgIpc) is 3.39. The first kappa shape index (κ1) is 20.1. The van der Waals surface area contributed by atoms with Gasteiger partial charge in [0.05, 0.1) is 0 Å². The van der Waals surface area contributed by atoms with Crippen molar-refractivity contribution in [2.75, 3.05) is 39.3 Å². The van der Waals surface area contributed by atoms with Crippen molar-refractivity contribution >= 4 is 15.9 Å². The summed E-state index contributed by atoms with van der Waals surface area (Å²) in [6.45, 7) is 6.15. The Hall–Kier alpha value is -2.23. The standard InChI is InChI=1S/C20H26N4O4S/c1-16-19(29(26,27)24-8-2-3-9-24)14-18(28-16)20(25)23-12-10-22(11-13-23)15-17-4-6-21-7-5-17/h4-7,14H,2-3,8-13,15H2,1H3. The number of pyridine rings is 1. The Kier molecular flexibility index (Phi) is 5.71. The predicted molar refractivity (Wildman–Crippen MR) is 107 cm³/mol. The van der Waals surface area contributed by atoms with Gasteiger partial charge in [0.1, 0.15) is 10.7 Å². The quantitative estimate of drug-likeness (QED) is 0.735. The largest absolute Gasteiger partial charge is 0.455 e. The average molecular weight is 419 g/mol. The summed E-state index contributed by atoms with van der Waals surface area (Å²) in [7, 11) is -3.60. The maximum atomic E-state index is 12.9. The molecule has 0 N–H and O–H groups in total. The Morgan fingerprint density at radius 1 is 1.07 bits per heavy atom. The van der Waals surface area contributed by atoms with E-state index >= 15 is 0 Å². The van der Waals surface area contributed by atoms with E-state index in [9.17, 15) is 13.2 Å². The topological polar surface area (TPSA) is 87.0 Å². The van der Waals surface area contributed by atoms with Crippen molar-refractivity contribution in [3.63, 3.8) is 0 Å². The number of rotatable bonds is 5. The lowest BCUT2D eigenvalue weighted by molar-refractivity contribution is 0.0596. The van der Waals surface area contributed by atoms with Crippen molar-refractivity contribution in [2.45, 2.75) is 31.2 Å². The van der Waals surface area contributed by atoms with Gasteiger partial charge in [0.15, 0.2) is 5.76 Å². The van der Waals surface area contributed by atoms with Gasteiger partial charge in [-0.25, -0.2) is 8.42 Å². The fraction of sp³-hybridized carbons (Fsp3) is 0.500. The van der Waals surface area contributed by atoms with Crippen molar-refractivity contribution in [1.82, 2.24) is 19.1 Å². The first-order valence-corrected chi connectivity index (χ1v) is 11.4. The van der Waals surface area contributed by atoms with Crippen LogP contribution in [0.1, 0.15) is 34.7 Å². The smallest absolute Gasteiger partial charge is 0.289 e. The lowest BCUT2D eigenvalue weighted by Crippen LogP contribution is -2.48. The zero-order valence-electron chi connectivity index (χ0n) is 16.6. The second-order valence-electron chi connectivity index (χ2n) is 7.57. The van der Waals surface area contributed by atoms with Crippen LogP contribution in [0.2, 0.25) is 0 Å². The predicted octanol–water partition coefficient (Wildman–Crippen LogP) is 1.73. The van der Waals surface area contributed by atoms with E-state index < -0.39 is 10.0 Å². The molecule has 0 saturated carbocycles. The van der Waals surface area contributed by atoms with Gasteiger partial charge < -0.3 is 9.32 Å². The molecule has 2 aromatic rings. The second-order valence-corrected chi connectivity index (χ2v) is 9.47. The van der Waals surface area contributed by atoms with Crippen LogP contribution in [0.3, 0.4) is 0 Å². The number of aryl methyl sites for hydroxylation is 1. The normalized spacial score (nSPS) is 19.0. The monoisotopic (exact) mass is 418 g/mol. The molecule has 8 nitrogen and oxygen atoms in total. The number of piperazine rings is 1. The molecule has 0 atom stereocenters. The van der Waals surface area contributed by atoms with Gasteiger partial charge in [0.2, 0.25) is 10.0 Å². The Morgan fingerprint density at radius 2 is 1.72 bits per heavy atom. The van der Waals surface area contributed by atoms with E-state index in [2.05, 4.69) is 9.88 Å². The highest BCUT2D eigenvalue weighted by molar-refractivity contribution is 7.89. The molecule has 2 aliphatic rings. The Morgan fingerprint density at radius 3 is 2.38 bits per heavy atom. The van der Waals surface area contributed by atoms with E-state index in [-0.39, 0.29) is 22.3 Å². The lowest BCUT2D eigenvalue weighted by Gasteiger charge is -2.34. The minimum atomic E-state index is -3.60. The summed E-state index contributed by atoms with van der Waals surface area (Å²) >= 11 is 0. The number of aromatic nitrogens is 1. The molecule has 0 spiro atoms. The lowest BCUT2D eigenvalue weighted by atomic mass is 10.2. The number of carbonyl (C=O) groups is 1. The van der Waals surface area contributed by atoms with Crippen LogP contribution in [-0.4, -0.2) is 72.7 Å². The molecule has 0 bridgehead atoms. The van der Waals surface area contributed by atoms with Crippen molar-refractivity contribution < 1.29 is 17.6 Å². The van der Waals surface area contributed by atoms with Crippen LogP contribution in [0.25, 0.3) is 0 Å². The Bertz CT molecular complexity index is 960. The van der Waals surface area contributed by atoms with E-state index in [1.807, 2.05) is 12.1 Å². The van der Waals surface area contributed by atoms with Crippen LogP contribution in [0.4, 0.5) is 0 Å². The van der Waals surface area contributed by atoms with Crippen molar-refractivity contribution in [3.05, 3.63) is 47.7 Å². The number of hydrogen-bond acceptors (Lipinski definition) is 6. The Balaban J connectivity index is 1.40. The van der Waals surface area contributed by atoms with Gasteiger partial charge in [-0.3, -0.25) is 14.7 Å². The van der Waals surface area contributed by atoms with Gasteiger partial charge in [-0.15, -0.1) is 0 Å². The fourth-order valence-corrected chi connectivity index (χ4v) is 5.58. The minimum Gasteiger partial charge on any atom is -0.455 e. The summed E-state index contributed by atoms with van der Waals surface area (Å²) in [5.74, 6) is 0.124. The molecule has 2 aromatic heterocycles. The van der Waals surface area contributed by atoms with Crippen LogP contribution >= 0.6 is 0 Å². The summed E-state index contributed by atoms with van der Waals surface area (Å²) < 4.78 is 32.7.